The van der Waals surface area contributed by atoms with Gasteiger partial charge < -0.3 is 15.0 Å². The van der Waals surface area contributed by atoms with Crippen LogP contribution in [0.25, 0.3) is 21.8 Å². The molecule has 1 aromatic heterocycles. The van der Waals surface area contributed by atoms with Gasteiger partial charge in [-0.3, -0.25) is 4.79 Å². The second kappa shape index (κ2) is 7.01. The molecule has 2 N–H and O–H groups in total. The predicted octanol–water partition coefficient (Wildman–Crippen LogP) is 3.74. The van der Waals surface area contributed by atoms with Gasteiger partial charge in [-0.2, -0.15) is 0 Å². The summed E-state index contributed by atoms with van der Waals surface area (Å²) in [6.07, 6.45) is 1.14. The molecule has 28 heavy (non-hydrogen) atoms. The second-order valence-corrected chi connectivity index (χ2v) is 8.53. The van der Waals surface area contributed by atoms with Crippen molar-refractivity contribution in [3.63, 3.8) is 0 Å². The Hall–Kier alpha value is -3.32. The van der Waals surface area contributed by atoms with Crippen molar-refractivity contribution < 1.29 is 17.9 Å². The van der Waals surface area contributed by atoms with Crippen LogP contribution >= 0.6 is 0 Å². The lowest BCUT2D eigenvalue weighted by molar-refractivity contribution is -0.118. The van der Waals surface area contributed by atoms with Crippen LogP contribution < -0.4 is 10.1 Å². The zero-order chi connectivity index (χ0) is 19.7. The number of benzene rings is 3. The van der Waals surface area contributed by atoms with Crippen molar-refractivity contribution in [3.8, 4) is 5.75 Å². The number of H-pyrrole nitrogens is 1. The number of nitrogens with one attached hydrogen (secondary N) is 2. The van der Waals surface area contributed by atoms with Gasteiger partial charge in [-0.1, -0.05) is 18.2 Å². The number of ether oxygens (including phenoxy) is 1. The maximum atomic E-state index is 12.1. The maximum absolute atomic E-state index is 12.1. The van der Waals surface area contributed by atoms with E-state index < -0.39 is 9.84 Å². The molecule has 0 atom stereocenters. The molecule has 1 amide bonds. The van der Waals surface area contributed by atoms with E-state index in [0.29, 0.717) is 11.4 Å². The Bertz CT molecular complexity index is 1280. The van der Waals surface area contributed by atoms with E-state index in [1.165, 1.54) is 12.1 Å². The van der Waals surface area contributed by atoms with E-state index in [4.69, 9.17) is 4.74 Å². The van der Waals surface area contributed by atoms with Gasteiger partial charge >= 0.3 is 0 Å². The van der Waals surface area contributed by atoms with Crippen LogP contribution in [0.1, 0.15) is 0 Å². The number of hydrogen-bond acceptors (Lipinski definition) is 4. The summed E-state index contributed by atoms with van der Waals surface area (Å²) in [5.41, 5.74) is 2.49. The van der Waals surface area contributed by atoms with E-state index >= 15 is 0 Å². The highest BCUT2D eigenvalue weighted by Gasteiger charge is 2.09. The zero-order valence-electron chi connectivity index (χ0n) is 15.1. The van der Waals surface area contributed by atoms with Crippen LogP contribution in [0.5, 0.6) is 5.75 Å². The molecule has 0 aliphatic heterocycles. The monoisotopic (exact) mass is 394 g/mol. The Morgan fingerprint density at radius 1 is 0.964 bits per heavy atom. The molecule has 0 radical (unpaired) electrons. The van der Waals surface area contributed by atoms with Crippen molar-refractivity contribution in [3.05, 3.63) is 66.7 Å². The van der Waals surface area contributed by atoms with Gasteiger partial charge in [-0.05, 0) is 42.5 Å². The molecule has 142 valence electrons. The van der Waals surface area contributed by atoms with Gasteiger partial charge in [0.25, 0.3) is 5.91 Å². The third-order valence-electron chi connectivity index (χ3n) is 4.41. The summed E-state index contributed by atoms with van der Waals surface area (Å²) in [7, 11) is -3.26. The Balaban J connectivity index is 1.42. The summed E-state index contributed by atoms with van der Waals surface area (Å²) in [5.74, 6) is 0.255. The first-order valence-electron chi connectivity index (χ1n) is 8.63. The Labute approximate surface area is 162 Å². The van der Waals surface area contributed by atoms with Crippen molar-refractivity contribution in [1.82, 2.24) is 4.98 Å². The van der Waals surface area contributed by atoms with Gasteiger partial charge in [-0.25, -0.2) is 8.42 Å². The minimum atomic E-state index is -3.26. The summed E-state index contributed by atoms with van der Waals surface area (Å²) in [6, 6.07) is 19.7. The summed E-state index contributed by atoms with van der Waals surface area (Å²) in [6.45, 7) is -0.153. The highest BCUT2D eigenvalue weighted by atomic mass is 32.2. The predicted molar refractivity (Wildman–Crippen MR) is 109 cm³/mol. The molecule has 0 saturated carbocycles. The Morgan fingerprint density at radius 2 is 1.68 bits per heavy atom. The average molecular weight is 394 g/mol. The number of fused-ring (bicyclic) bond motifs is 3. The fourth-order valence-electron chi connectivity index (χ4n) is 3.05. The fourth-order valence-corrected chi connectivity index (χ4v) is 3.69. The maximum Gasteiger partial charge on any atom is 0.262 e. The second-order valence-electron chi connectivity index (χ2n) is 6.51. The van der Waals surface area contributed by atoms with Crippen LogP contribution in [-0.2, 0) is 14.6 Å². The first-order valence-corrected chi connectivity index (χ1v) is 10.5. The van der Waals surface area contributed by atoms with E-state index in [1.807, 2.05) is 36.4 Å². The molecule has 1 heterocycles. The van der Waals surface area contributed by atoms with E-state index in [0.717, 1.165) is 28.1 Å². The SMILES string of the molecule is CS(=O)(=O)c1ccc(NC(=O)COc2ccc3c(c2)[nH]c2ccccc23)cc1. The highest BCUT2D eigenvalue weighted by Crippen LogP contribution is 2.28. The molecule has 4 aromatic rings. The number of para-hydroxylation sites is 1. The molecule has 0 saturated heterocycles. The van der Waals surface area contributed by atoms with Gasteiger partial charge in [0, 0.05) is 34.3 Å². The van der Waals surface area contributed by atoms with E-state index in [2.05, 4.69) is 16.4 Å². The number of anilines is 1. The molecule has 6 nitrogen and oxygen atoms in total. The number of aromatic nitrogens is 1. The van der Waals surface area contributed by atoms with Crippen LogP contribution in [0.4, 0.5) is 5.69 Å². The molecule has 3 aromatic carbocycles. The lowest BCUT2D eigenvalue weighted by Gasteiger charge is -2.08. The number of amides is 1. The smallest absolute Gasteiger partial charge is 0.262 e. The van der Waals surface area contributed by atoms with E-state index in [1.54, 1.807) is 12.1 Å². The number of hydrogen-bond donors (Lipinski definition) is 2. The van der Waals surface area contributed by atoms with Crippen molar-refractivity contribution in [2.75, 3.05) is 18.2 Å². The van der Waals surface area contributed by atoms with Crippen LogP contribution in [0.2, 0.25) is 0 Å². The van der Waals surface area contributed by atoms with Crippen LogP contribution in [0.15, 0.2) is 71.6 Å². The quantitative estimate of drug-likeness (QED) is 0.540. The molecular weight excluding hydrogens is 376 g/mol. The molecule has 0 aliphatic rings. The summed E-state index contributed by atoms with van der Waals surface area (Å²) >= 11 is 0. The van der Waals surface area contributed by atoms with E-state index in [-0.39, 0.29) is 17.4 Å². The number of carbonyl (C=O) groups is 1. The van der Waals surface area contributed by atoms with Gasteiger partial charge in [0.05, 0.1) is 10.4 Å². The standard InChI is InChI=1S/C21H18N2O4S/c1-28(25,26)16-9-6-14(7-10-16)22-21(24)13-27-15-8-11-18-17-4-2-3-5-19(17)23-20(18)12-15/h2-12,23H,13H2,1H3,(H,22,24). The molecule has 0 unspecified atom stereocenters. The molecular formula is C21H18N2O4S. The molecule has 0 bridgehead atoms. The highest BCUT2D eigenvalue weighted by molar-refractivity contribution is 7.90. The Kier molecular flexibility index (Phi) is 4.52. The third-order valence-corrected chi connectivity index (χ3v) is 5.54. The van der Waals surface area contributed by atoms with Crippen LogP contribution in [-0.4, -0.2) is 32.2 Å². The molecule has 7 heteroatoms. The number of rotatable bonds is 5. The lowest BCUT2D eigenvalue weighted by atomic mass is 10.1. The molecule has 4 rings (SSSR count). The first-order chi connectivity index (χ1) is 13.4. The van der Waals surface area contributed by atoms with Gasteiger partial charge in [0.1, 0.15) is 5.75 Å². The van der Waals surface area contributed by atoms with Crippen LogP contribution in [0, 0.1) is 0 Å². The van der Waals surface area contributed by atoms with Crippen molar-refractivity contribution in [2.45, 2.75) is 4.90 Å². The van der Waals surface area contributed by atoms with Gasteiger partial charge in [-0.15, -0.1) is 0 Å². The normalized spacial score (nSPS) is 11.6. The first kappa shape index (κ1) is 18.1. The minimum Gasteiger partial charge on any atom is -0.484 e. The molecule has 0 fully saturated rings. The molecule has 0 aliphatic carbocycles. The lowest BCUT2D eigenvalue weighted by Crippen LogP contribution is -2.20. The minimum absolute atomic E-state index is 0.153. The summed E-state index contributed by atoms with van der Waals surface area (Å²) in [4.78, 5) is 15.6. The average Bonchev–Trinajstić information content (AvgIpc) is 3.04. The molecule has 0 spiro atoms. The summed E-state index contributed by atoms with van der Waals surface area (Å²) in [5, 5.41) is 4.92. The van der Waals surface area contributed by atoms with Crippen molar-refractivity contribution in [1.29, 1.82) is 0 Å². The summed E-state index contributed by atoms with van der Waals surface area (Å²) < 4.78 is 28.5. The number of aromatic amines is 1. The fraction of sp³-hybridized carbons (Fsp3) is 0.0952. The largest absolute Gasteiger partial charge is 0.484 e. The van der Waals surface area contributed by atoms with Gasteiger partial charge in [0.2, 0.25) is 0 Å². The van der Waals surface area contributed by atoms with Crippen molar-refractivity contribution in [2.24, 2.45) is 0 Å². The number of sulfone groups is 1. The third kappa shape index (κ3) is 3.70. The van der Waals surface area contributed by atoms with Crippen molar-refractivity contribution >= 4 is 43.2 Å². The van der Waals surface area contributed by atoms with Crippen LogP contribution in [0.3, 0.4) is 0 Å². The van der Waals surface area contributed by atoms with Gasteiger partial charge in [0.15, 0.2) is 16.4 Å². The Morgan fingerprint density at radius 3 is 2.43 bits per heavy atom. The zero-order valence-corrected chi connectivity index (χ0v) is 15.9. The topological polar surface area (TPSA) is 88.3 Å². The number of carbonyl (C=O) groups excluding carboxylic acids is 1. The van der Waals surface area contributed by atoms with E-state index in [9.17, 15) is 13.2 Å².